The van der Waals surface area contributed by atoms with Gasteiger partial charge in [0.25, 0.3) is 0 Å². The van der Waals surface area contributed by atoms with E-state index in [1.54, 1.807) is 6.07 Å². The minimum atomic E-state index is -0.348. The highest BCUT2D eigenvalue weighted by Gasteiger charge is 2.30. The van der Waals surface area contributed by atoms with Crippen molar-refractivity contribution in [3.63, 3.8) is 0 Å². The van der Waals surface area contributed by atoms with Crippen LogP contribution in [0.15, 0.2) is 54.1 Å². The van der Waals surface area contributed by atoms with Gasteiger partial charge in [-0.05, 0) is 25.5 Å². The van der Waals surface area contributed by atoms with E-state index in [4.69, 9.17) is 9.47 Å². The number of carbonyl (C=O) groups is 1. The molecule has 0 aliphatic carbocycles. The molecule has 1 atom stereocenters. The number of carbonyl (C=O) groups excluding carboxylic acids is 1. The quantitative estimate of drug-likeness (QED) is 0.845. The Bertz CT molecular complexity index is 774. The summed E-state index contributed by atoms with van der Waals surface area (Å²) in [5, 5.41) is 10.2. The number of ketones is 1. The minimum Gasteiger partial charge on any atom is -0.507 e. The predicted molar refractivity (Wildman–Crippen MR) is 91.8 cm³/mol. The lowest BCUT2D eigenvalue weighted by Crippen LogP contribution is -2.20. The molecular weight excluding hydrogens is 304 g/mol. The van der Waals surface area contributed by atoms with Crippen LogP contribution in [-0.2, 0) is 0 Å². The van der Waals surface area contributed by atoms with Crippen molar-refractivity contribution in [2.24, 2.45) is 0 Å². The smallest absolute Gasteiger partial charge is 0.174 e. The predicted octanol–water partition coefficient (Wildman–Crippen LogP) is 4.44. The standard InChI is InChI=1S/C20H20O4/c1-13(2)8-9-23-15-10-16(21)20-17(22)12-18(24-19(20)11-15)14-6-4-3-5-7-14/h3-8,10-11,18,21H,9,12H2,1-2H3/t18-/m1/s1. The Morgan fingerprint density at radius 2 is 2.04 bits per heavy atom. The van der Waals surface area contributed by atoms with Crippen molar-refractivity contribution in [1.82, 2.24) is 0 Å². The van der Waals surface area contributed by atoms with Gasteiger partial charge < -0.3 is 14.6 Å². The van der Waals surface area contributed by atoms with Crippen LogP contribution < -0.4 is 9.47 Å². The van der Waals surface area contributed by atoms with Gasteiger partial charge >= 0.3 is 0 Å². The van der Waals surface area contributed by atoms with Crippen LogP contribution in [0.2, 0.25) is 0 Å². The van der Waals surface area contributed by atoms with Gasteiger partial charge in [-0.2, -0.15) is 0 Å². The molecule has 1 N–H and O–H groups in total. The molecule has 3 rings (SSSR count). The average Bonchev–Trinajstić information content (AvgIpc) is 2.54. The first kappa shape index (κ1) is 16.1. The molecule has 0 bridgehead atoms. The Morgan fingerprint density at radius 3 is 2.75 bits per heavy atom. The summed E-state index contributed by atoms with van der Waals surface area (Å²) in [5.41, 5.74) is 2.32. The van der Waals surface area contributed by atoms with Crippen LogP contribution >= 0.6 is 0 Å². The summed E-state index contributed by atoms with van der Waals surface area (Å²) in [6, 6.07) is 12.7. The van der Waals surface area contributed by atoms with Crippen LogP contribution in [-0.4, -0.2) is 17.5 Å². The van der Waals surface area contributed by atoms with Gasteiger partial charge in [0.05, 0.1) is 6.42 Å². The number of hydrogen-bond donors (Lipinski definition) is 1. The summed E-state index contributed by atoms with van der Waals surface area (Å²) in [5.74, 6) is 0.618. The van der Waals surface area contributed by atoms with Crippen molar-refractivity contribution in [2.75, 3.05) is 6.61 Å². The zero-order chi connectivity index (χ0) is 17.1. The number of aromatic hydroxyl groups is 1. The lowest BCUT2D eigenvalue weighted by molar-refractivity contribution is 0.0844. The number of phenolic OH excluding ortho intramolecular Hbond substituents is 1. The molecule has 0 fully saturated rings. The summed E-state index contributed by atoms with van der Waals surface area (Å²) in [4.78, 5) is 12.4. The lowest BCUT2D eigenvalue weighted by atomic mass is 9.95. The summed E-state index contributed by atoms with van der Waals surface area (Å²) < 4.78 is 11.6. The van der Waals surface area contributed by atoms with Gasteiger partial charge in [-0.15, -0.1) is 0 Å². The van der Waals surface area contributed by atoms with Gasteiger partial charge in [-0.25, -0.2) is 0 Å². The first-order valence-electron chi connectivity index (χ1n) is 7.92. The molecule has 4 heteroatoms. The van der Waals surface area contributed by atoms with Crippen molar-refractivity contribution < 1.29 is 19.4 Å². The number of ether oxygens (including phenoxy) is 2. The number of rotatable bonds is 4. The number of phenols is 1. The van der Waals surface area contributed by atoms with Gasteiger partial charge in [0.2, 0.25) is 0 Å². The Kier molecular flexibility index (Phi) is 4.56. The molecule has 1 aliphatic rings. The average molecular weight is 324 g/mol. The number of allylic oxidation sites excluding steroid dienone is 1. The molecule has 0 saturated carbocycles. The highest BCUT2D eigenvalue weighted by Crippen LogP contribution is 2.41. The molecule has 124 valence electrons. The fraction of sp³-hybridized carbons (Fsp3) is 0.250. The summed E-state index contributed by atoms with van der Waals surface area (Å²) >= 11 is 0. The molecular formula is C20H20O4. The SMILES string of the molecule is CC(C)=CCOc1cc(O)c2c(c1)O[C@@H](c1ccccc1)CC2=O. The van der Waals surface area contributed by atoms with Gasteiger partial charge in [-0.3, -0.25) is 4.79 Å². The molecule has 2 aromatic rings. The zero-order valence-corrected chi connectivity index (χ0v) is 13.8. The van der Waals surface area contributed by atoms with Crippen LogP contribution in [0.5, 0.6) is 17.2 Å². The van der Waals surface area contributed by atoms with E-state index < -0.39 is 0 Å². The Labute approximate surface area is 141 Å². The minimum absolute atomic E-state index is 0.101. The number of fused-ring (bicyclic) bond motifs is 1. The van der Waals surface area contributed by atoms with E-state index in [0.717, 1.165) is 11.1 Å². The van der Waals surface area contributed by atoms with Crippen molar-refractivity contribution in [2.45, 2.75) is 26.4 Å². The normalized spacial score (nSPS) is 16.1. The lowest BCUT2D eigenvalue weighted by Gasteiger charge is -2.26. The van der Waals surface area contributed by atoms with Crippen LogP contribution in [0.25, 0.3) is 0 Å². The third kappa shape index (κ3) is 3.43. The topological polar surface area (TPSA) is 55.8 Å². The fourth-order valence-electron chi connectivity index (χ4n) is 2.66. The van der Waals surface area contributed by atoms with E-state index in [2.05, 4.69) is 0 Å². The van der Waals surface area contributed by atoms with Crippen molar-refractivity contribution in [3.8, 4) is 17.2 Å². The van der Waals surface area contributed by atoms with Gasteiger partial charge in [0.15, 0.2) is 5.78 Å². The van der Waals surface area contributed by atoms with Crippen LogP contribution in [0.4, 0.5) is 0 Å². The third-order valence-corrected chi connectivity index (χ3v) is 3.89. The maximum Gasteiger partial charge on any atom is 0.174 e. The Hall–Kier alpha value is -2.75. The molecule has 0 spiro atoms. The molecule has 1 aliphatic heterocycles. The number of hydrogen-bond acceptors (Lipinski definition) is 4. The summed E-state index contributed by atoms with van der Waals surface area (Å²) in [6.07, 6.45) is 1.80. The molecule has 1 heterocycles. The molecule has 2 aromatic carbocycles. The molecule has 24 heavy (non-hydrogen) atoms. The second-order valence-corrected chi connectivity index (χ2v) is 6.05. The molecule has 0 unspecified atom stereocenters. The van der Waals surface area contributed by atoms with Gasteiger partial charge in [0, 0.05) is 12.1 Å². The van der Waals surface area contributed by atoms with Crippen LogP contribution in [0.1, 0.15) is 42.3 Å². The maximum atomic E-state index is 12.4. The van der Waals surface area contributed by atoms with E-state index >= 15 is 0 Å². The monoisotopic (exact) mass is 324 g/mol. The Morgan fingerprint density at radius 1 is 1.29 bits per heavy atom. The highest BCUT2D eigenvalue weighted by molar-refractivity contribution is 6.02. The highest BCUT2D eigenvalue weighted by atomic mass is 16.5. The molecule has 0 aromatic heterocycles. The summed E-state index contributed by atoms with van der Waals surface area (Å²) in [6.45, 7) is 4.37. The molecule has 4 nitrogen and oxygen atoms in total. The van der Waals surface area contributed by atoms with E-state index in [1.165, 1.54) is 6.07 Å². The number of benzene rings is 2. The second kappa shape index (κ2) is 6.79. The Balaban J connectivity index is 1.88. The van der Waals surface area contributed by atoms with Gasteiger partial charge in [-0.1, -0.05) is 35.9 Å². The molecule has 0 amide bonds. The van der Waals surface area contributed by atoms with E-state index in [-0.39, 0.29) is 29.6 Å². The maximum absolute atomic E-state index is 12.4. The summed E-state index contributed by atoms with van der Waals surface area (Å²) in [7, 11) is 0. The van der Waals surface area contributed by atoms with Crippen LogP contribution in [0.3, 0.4) is 0 Å². The van der Waals surface area contributed by atoms with Crippen molar-refractivity contribution in [3.05, 3.63) is 65.2 Å². The zero-order valence-electron chi connectivity index (χ0n) is 13.8. The second-order valence-electron chi connectivity index (χ2n) is 6.05. The van der Waals surface area contributed by atoms with E-state index in [0.29, 0.717) is 18.1 Å². The first-order chi connectivity index (χ1) is 11.5. The first-order valence-corrected chi connectivity index (χ1v) is 7.92. The molecule has 0 saturated heterocycles. The molecule has 0 radical (unpaired) electrons. The van der Waals surface area contributed by atoms with E-state index in [9.17, 15) is 9.90 Å². The van der Waals surface area contributed by atoms with Crippen LogP contribution in [0, 0.1) is 0 Å². The van der Waals surface area contributed by atoms with Crippen molar-refractivity contribution >= 4 is 5.78 Å². The van der Waals surface area contributed by atoms with E-state index in [1.807, 2.05) is 50.3 Å². The number of Topliss-reactive ketones (excluding diaryl/α,β-unsaturated/α-hetero) is 1. The largest absolute Gasteiger partial charge is 0.507 e. The van der Waals surface area contributed by atoms with Gasteiger partial charge in [0.1, 0.15) is 35.5 Å². The third-order valence-electron chi connectivity index (χ3n) is 3.89. The van der Waals surface area contributed by atoms with Crippen molar-refractivity contribution in [1.29, 1.82) is 0 Å². The fourth-order valence-corrected chi connectivity index (χ4v) is 2.66.